The minimum absolute atomic E-state index is 0.377. The Morgan fingerprint density at radius 1 is 1.43 bits per heavy atom. The van der Waals surface area contributed by atoms with Gasteiger partial charge >= 0.3 is 5.97 Å². The molecule has 1 saturated heterocycles. The van der Waals surface area contributed by atoms with Gasteiger partial charge in [-0.1, -0.05) is 27.6 Å². The van der Waals surface area contributed by atoms with Gasteiger partial charge in [0.2, 0.25) is 0 Å². The van der Waals surface area contributed by atoms with E-state index in [-0.39, 0.29) is 5.56 Å². The summed E-state index contributed by atoms with van der Waals surface area (Å²) in [5.41, 5.74) is 4.95. The van der Waals surface area contributed by atoms with Gasteiger partial charge in [-0.15, -0.1) is 0 Å². The highest BCUT2D eigenvalue weighted by atomic mass is 16.5. The number of nitrogens with two attached hydrogens (primary N) is 1. The van der Waals surface area contributed by atoms with Crippen molar-refractivity contribution in [2.24, 2.45) is 23.5 Å². The van der Waals surface area contributed by atoms with E-state index in [4.69, 9.17) is 40.5 Å². The molecule has 168 valence electrons. The van der Waals surface area contributed by atoms with Crippen LogP contribution in [0.1, 0.15) is 78.1 Å². The Balaban J connectivity index is 2.36. The summed E-state index contributed by atoms with van der Waals surface area (Å²) in [6, 6.07) is -4.18. The first-order chi connectivity index (χ1) is 20.1. The summed E-state index contributed by atoms with van der Waals surface area (Å²) in [5, 5.41) is 0. The van der Waals surface area contributed by atoms with Crippen LogP contribution in [0.2, 0.25) is 0 Å². The first kappa shape index (κ1) is 10.2. The molecule has 2 N–H and O–H groups in total. The van der Waals surface area contributed by atoms with Crippen LogP contribution in [0.25, 0.3) is 0 Å². The second-order valence-corrected chi connectivity index (χ2v) is 7.76. The molecule has 0 spiro atoms. The Morgan fingerprint density at radius 2 is 2.20 bits per heavy atom. The van der Waals surface area contributed by atoms with Crippen LogP contribution in [0.5, 0.6) is 11.5 Å². The fourth-order valence-electron chi connectivity index (χ4n) is 3.58. The number of carbonyl (C=O) groups is 1. The zero-order valence-corrected chi connectivity index (χ0v) is 17.5. The molecule has 1 aromatic rings. The van der Waals surface area contributed by atoms with Crippen LogP contribution in [0.15, 0.2) is 12.1 Å². The molecule has 1 aromatic carbocycles. The highest BCUT2D eigenvalue weighted by molar-refractivity contribution is 5.76. The van der Waals surface area contributed by atoms with Gasteiger partial charge in [0, 0.05) is 45.1 Å². The van der Waals surface area contributed by atoms with Crippen molar-refractivity contribution in [3.8, 4) is 11.5 Å². The van der Waals surface area contributed by atoms with Crippen molar-refractivity contribution < 1.29 is 39.6 Å². The Kier molecular flexibility index (Phi) is 3.26. The van der Waals surface area contributed by atoms with Gasteiger partial charge in [0.1, 0.15) is 12.1 Å². The molecule has 2 heterocycles. The lowest BCUT2D eigenvalue weighted by molar-refractivity contribution is -0.160. The molecular weight excluding hydrogens is 380 g/mol. The zero-order valence-electron chi connectivity index (χ0n) is 32.5. The van der Waals surface area contributed by atoms with E-state index in [1.54, 1.807) is 13.8 Å². The van der Waals surface area contributed by atoms with Crippen LogP contribution in [0.3, 0.4) is 0 Å². The van der Waals surface area contributed by atoms with Gasteiger partial charge in [0.15, 0.2) is 11.5 Å². The summed E-state index contributed by atoms with van der Waals surface area (Å²) in [5.74, 6) is -7.35. The van der Waals surface area contributed by atoms with Crippen LogP contribution < -0.4 is 15.2 Å². The maximum Gasteiger partial charge on any atom is 0.323 e. The molecule has 0 saturated carbocycles. The number of fused-ring (bicyclic) bond motifs is 3. The van der Waals surface area contributed by atoms with Crippen molar-refractivity contribution in [1.29, 1.82) is 0 Å². The van der Waals surface area contributed by atoms with Crippen LogP contribution in [0.4, 0.5) is 0 Å². The Morgan fingerprint density at radius 3 is 2.87 bits per heavy atom. The normalized spacial score (nSPS) is 38.9. The van der Waals surface area contributed by atoms with E-state index in [0.29, 0.717) is 0 Å². The highest BCUT2D eigenvalue weighted by Crippen LogP contribution is 2.44. The summed E-state index contributed by atoms with van der Waals surface area (Å²) in [7, 11) is -2.10. The van der Waals surface area contributed by atoms with Crippen molar-refractivity contribution in [2.75, 3.05) is 27.2 Å². The molecule has 30 heavy (non-hydrogen) atoms. The molecule has 2 aliphatic heterocycles. The lowest BCUT2D eigenvalue weighted by Crippen LogP contribution is -2.51. The molecule has 1 fully saturated rings. The summed E-state index contributed by atoms with van der Waals surface area (Å²) < 4.78 is 141. The molecule has 6 nitrogen and oxygen atoms in total. The highest BCUT2D eigenvalue weighted by Gasteiger charge is 2.41. The average molecular weight is 434 g/mol. The van der Waals surface area contributed by atoms with Gasteiger partial charge in [0.05, 0.1) is 21.0 Å². The standard InChI is InChI=1S/C24H38N2O4/c1-14(2)9-17-13-26-8-7-16-10-21(28-5)22(29-6)11-18(16)19(26)12-20(17)30-24(27)23(25)15(3)4/h10-11,14-15,17,19-20,23H,7-9,12-13,25H2,1-6H3/t17?,19?,20?,23-/m0/s1/i1D3,6D3,7D2,8D2,9D2,10D,11D,14D/t14?,17?,19?,20?,23-. The van der Waals surface area contributed by atoms with E-state index in [2.05, 4.69) is 0 Å². The smallest absolute Gasteiger partial charge is 0.323 e. The molecule has 6 heteroatoms. The van der Waals surface area contributed by atoms with Crippen molar-refractivity contribution in [3.05, 3.63) is 23.2 Å². The van der Waals surface area contributed by atoms with E-state index in [1.165, 1.54) is 0 Å². The SMILES string of the molecule is [2H]c1c(OC([2H])([2H])[2H])c(OC)c([2H])c2c1C1CC(OC(=O)[C@@H](N)C(C)C)C(C([2H])([2H])C([2H])(C)C([2H])([2H])[2H])CN1C([2H])([2H])C2([2H])[2H]. The Bertz CT molecular complexity index is 1310. The van der Waals surface area contributed by atoms with E-state index < -0.39 is 117 Å². The van der Waals surface area contributed by atoms with Crippen molar-refractivity contribution in [2.45, 2.75) is 65.0 Å². The minimum Gasteiger partial charge on any atom is -0.493 e. The van der Waals surface area contributed by atoms with Gasteiger partial charge < -0.3 is 19.9 Å². The maximum atomic E-state index is 13.1. The third-order valence-corrected chi connectivity index (χ3v) is 5.26. The molecule has 3 rings (SSSR count). The molecule has 0 aromatic heterocycles. The van der Waals surface area contributed by atoms with Crippen LogP contribution >= 0.6 is 0 Å². The van der Waals surface area contributed by atoms with Crippen molar-refractivity contribution >= 4 is 5.97 Å². The number of hydrogen-bond acceptors (Lipinski definition) is 6. The second-order valence-electron chi connectivity index (χ2n) is 7.76. The number of benzene rings is 1. The topological polar surface area (TPSA) is 74.0 Å². The second kappa shape index (κ2) is 9.56. The van der Waals surface area contributed by atoms with Crippen LogP contribution in [-0.4, -0.2) is 50.2 Å². The number of methoxy groups -OCH3 is 2. The van der Waals surface area contributed by atoms with E-state index in [9.17, 15) is 4.79 Å². The number of esters is 1. The summed E-state index contributed by atoms with van der Waals surface area (Å²) in [6.07, 6.45) is -8.27. The molecular formula is C24H38N2O4. The van der Waals surface area contributed by atoms with Crippen LogP contribution in [0, 0.1) is 17.7 Å². The number of piperidine rings is 1. The number of hydrogen-bond donors (Lipinski definition) is 1. The first-order valence-electron chi connectivity index (χ1n) is 17.2. The fourth-order valence-corrected chi connectivity index (χ4v) is 3.58. The summed E-state index contributed by atoms with van der Waals surface area (Å²) in [6.45, 7) is -2.99. The van der Waals surface area contributed by atoms with Gasteiger partial charge in [-0.3, -0.25) is 9.69 Å². The monoisotopic (exact) mass is 433 g/mol. The summed E-state index contributed by atoms with van der Waals surface area (Å²) >= 11 is 0. The van der Waals surface area contributed by atoms with E-state index in [1.807, 2.05) is 0 Å². The Hall–Kier alpha value is -1.79. The molecule has 0 radical (unpaired) electrons. The summed E-state index contributed by atoms with van der Waals surface area (Å²) in [4.78, 5) is 13.9. The quantitative estimate of drug-likeness (QED) is 0.663. The molecule has 2 aliphatic rings. The van der Waals surface area contributed by atoms with Gasteiger partial charge in [-0.25, -0.2) is 0 Å². The van der Waals surface area contributed by atoms with E-state index >= 15 is 0 Å². The van der Waals surface area contributed by atoms with Crippen molar-refractivity contribution in [3.63, 3.8) is 0 Å². The first-order valence-corrected chi connectivity index (χ1v) is 9.71. The molecule has 4 unspecified atom stereocenters. The molecule has 0 aliphatic carbocycles. The third-order valence-electron chi connectivity index (χ3n) is 5.26. The van der Waals surface area contributed by atoms with Gasteiger partial charge in [0.25, 0.3) is 0 Å². The number of nitrogens with zero attached hydrogens (tertiary/aromatic N) is 1. The lowest BCUT2D eigenvalue weighted by atomic mass is 9.79. The number of ether oxygens (including phenoxy) is 3. The molecule has 0 amide bonds. The molecule has 5 atom stereocenters. The number of carbonyl (C=O) groups excluding carboxylic acids is 1. The van der Waals surface area contributed by atoms with Crippen molar-refractivity contribution in [1.82, 2.24) is 4.90 Å². The predicted molar refractivity (Wildman–Crippen MR) is 118 cm³/mol. The number of rotatable bonds is 7. The Labute approximate surface area is 202 Å². The maximum absolute atomic E-state index is 13.1. The van der Waals surface area contributed by atoms with Gasteiger partial charge in [-0.2, -0.15) is 0 Å². The predicted octanol–water partition coefficient (Wildman–Crippen LogP) is 3.56. The largest absolute Gasteiger partial charge is 0.493 e. The zero-order chi connectivity index (χ0) is 35.0. The van der Waals surface area contributed by atoms with Gasteiger partial charge in [-0.05, 0) is 47.8 Å². The lowest BCUT2D eigenvalue weighted by Gasteiger charge is -2.47. The fraction of sp³-hybridized carbons (Fsp3) is 0.708. The molecule has 0 bridgehead atoms. The minimum atomic E-state index is -3.20. The van der Waals surface area contributed by atoms with Crippen LogP contribution in [-0.2, 0) is 15.9 Å². The average Bonchev–Trinajstić information content (AvgIpc) is 2.87. The third kappa shape index (κ3) is 4.75. The van der Waals surface area contributed by atoms with E-state index in [0.717, 1.165) is 18.9 Å².